The van der Waals surface area contributed by atoms with Gasteiger partial charge in [-0.25, -0.2) is 9.97 Å². The molecule has 0 N–H and O–H groups in total. The molecule has 0 saturated carbocycles. The summed E-state index contributed by atoms with van der Waals surface area (Å²) >= 11 is 1.83. The van der Waals surface area contributed by atoms with E-state index in [1.807, 2.05) is 17.4 Å². The smallest absolute Gasteiger partial charge is 0.160 e. The molecule has 8 aromatic carbocycles. The number of hydrogen-bond acceptors (Lipinski definition) is 4. The normalized spacial score (nSPS) is 11.9. The van der Waals surface area contributed by atoms with Crippen molar-refractivity contribution in [3.05, 3.63) is 188 Å². The van der Waals surface area contributed by atoms with E-state index in [2.05, 4.69) is 187 Å². The lowest BCUT2D eigenvalue weighted by Crippen LogP contribution is -1.97. The number of nitrogens with zero attached hydrogens (tertiary/aromatic N) is 3. The summed E-state index contributed by atoms with van der Waals surface area (Å²) in [6.45, 7) is 0. The third kappa shape index (κ3) is 5.13. The Hall–Kier alpha value is -7.34. The van der Waals surface area contributed by atoms with Gasteiger partial charge >= 0.3 is 0 Å². The summed E-state index contributed by atoms with van der Waals surface area (Å²) in [6, 6.07) is 66.5. The van der Waals surface area contributed by atoms with Crippen molar-refractivity contribution < 1.29 is 4.42 Å². The van der Waals surface area contributed by atoms with Crippen LogP contribution in [-0.2, 0) is 0 Å². The van der Waals surface area contributed by atoms with Gasteiger partial charge in [-0.1, -0.05) is 127 Å². The molecule has 0 bridgehead atoms. The fourth-order valence-corrected chi connectivity index (χ4v) is 9.65. The van der Waals surface area contributed by atoms with Crippen molar-refractivity contribution >= 4 is 75.3 Å². The molecule has 4 nitrogen and oxygen atoms in total. The third-order valence-electron chi connectivity index (χ3n) is 11.2. The molecule has 0 aliphatic heterocycles. The molecule has 12 aromatic rings. The molecule has 5 heteroatoms. The molecule has 0 fully saturated rings. The molecule has 12 rings (SSSR count). The Kier molecular flexibility index (Phi) is 7.06. The van der Waals surface area contributed by atoms with Crippen molar-refractivity contribution in [3.63, 3.8) is 0 Å². The number of aromatic nitrogens is 3. The number of benzene rings is 8. The van der Waals surface area contributed by atoms with Crippen molar-refractivity contribution in [2.45, 2.75) is 0 Å². The average Bonchev–Trinajstić information content (AvgIpc) is 3.96. The predicted octanol–water partition coefficient (Wildman–Crippen LogP) is 14.5. The van der Waals surface area contributed by atoms with Gasteiger partial charge in [0.05, 0.1) is 22.4 Å². The van der Waals surface area contributed by atoms with Crippen LogP contribution in [0, 0.1) is 0 Å². The van der Waals surface area contributed by atoms with Crippen molar-refractivity contribution in [2.75, 3.05) is 0 Å². The highest BCUT2D eigenvalue weighted by Gasteiger charge is 2.17. The van der Waals surface area contributed by atoms with E-state index in [-0.39, 0.29) is 0 Å². The minimum atomic E-state index is 0.687. The SMILES string of the molecule is c1ccc(-c2cc(-c3ccc(-n4c5ccccc5c5ccccc54)cc3)nc(-c3ccc(-c4ccc5oc6ccc7sc8ccccc8c7c6c5c4)cc3)n2)cc1. The summed E-state index contributed by atoms with van der Waals surface area (Å²) in [6.07, 6.45) is 0. The Bertz CT molecular complexity index is 3450. The summed E-state index contributed by atoms with van der Waals surface area (Å²) < 4.78 is 11.3. The first-order chi connectivity index (χ1) is 28.2. The number of para-hydroxylation sites is 2. The molecule has 4 heterocycles. The average molecular weight is 746 g/mol. The number of rotatable bonds is 5. The standard InChI is InChI=1S/C52H31N3OS/c1-2-10-33(11-3-1)42-31-43(34-22-25-37(26-23-34)55-44-15-7-4-12-38(44)39-13-5-8-16-45(39)55)54-52(53-42)35-20-18-32(19-21-35)36-24-27-46-41(30-36)50-47(56-46)28-29-49-51(50)40-14-6-9-17-48(40)57-49/h1-31H. The van der Waals surface area contributed by atoms with Crippen LogP contribution in [0.3, 0.4) is 0 Å². The van der Waals surface area contributed by atoms with Gasteiger partial charge in [-0.05, 0) is 71.8 Å². The summed E-state index contributed by atoms with van der Waals surface area (Å²) in [5.74, 6) is 0.687. The molecule has 0 radical (unpaired) electrons. The third-order valence-corrected chi connectivity index (χ3v) is 12.4. The molecule has 0 unspecified atom stereocenters. The number of thiophene rings is 1. The Morgan fingerprint density at radius 2 is 0.965 bits per heavy atom. The quantitative estimate of drug-likeness (QED) is 0.176. The minimum absolute atomic E-state index is 0.687. The van der Waals surface area contributed by atoms with Crippen molar-refractivity contribution in [3.8, 4) is 50.7 Å². The molecule has 4 aromatic heterocycles. The molecule has 0 aliphatic carbocycles. The van der Waals surface area contributed by atoms with E-state index in [0.29, 0.717) is 5.82 Å². The van der Waals surface area contributed by atoms with Crippen LogP contribution >= 0.6 is 11.3 Å². The van der Waals surface area contributed by atoms with Crippen LogP contribution in [-0.4, -0.2) is 14.5 Å². The highest BCUT2D eigenvalue weighted by atomic mass is 32.1. The number of hydrogen-bond donors (Lipinski definition) is 0. The molecular formula is C52H31N3OS. The fourth-order valence-electron chi connectivity index (χ4n) is 8.54. The second-order valence-electron chi connectivity index (χ2n) is 14.5. The molecule has 0 atom stereocenters. The van der Waals surface area contributed by atoms with E-state index in [0.717, 1.165) is 61.4 Å². The summed E-state index contributed by atoms with van der Waals surface area (Å²) in [5, 5.41) is 7.36. The maximum absolute atomic E-state index is 6.39. The minimum Gasteiger partial charge on any atom is -0.456 e. The lowest BCUT2D eigenvalue weighted by Gasteiger charge is -2.12. The topological polar surface area (TPSA) is 43.9 Å². The molecule has 0 saturated heterocycles. The summed E-state index contributed by atoms with van der Waals surface area (Å²) in [7, 11) is 0. The maximum Gasteiger partial charge on any atom is 0.160 e. The van der Waals surface area contributed by atoms with Gasteiger partial charge in [-0.2, -0.15) is 0 Å². The highest BCUT2D eigenvalue weighted by molar-refractivity contribution is 7.26. The van der Waals surface area contributed by atoms with Gasteiger partial charge in [0, 0.05) is 64.1 Å². The summed E-state index contributed by atoms with van der Waals surface area (Å²) in [5.41, 5.74) is 12.4. The van der Waals surface area contributed by atoms with Crippen LogP contribution in [0.5, 0.6) is 0 Å². The van der Waals surface area contributed by atoms with Crippen LogP contribution in [0.15, 0.2) is 192 Å². The van der Waals surface area contributed by atoms with Crippen molar-refractivity contribution in [1.82, 2.24) is 14.5 Å². The van der Waals surface area contributed by atoms with Crippen LogP contribution in [0.1, 0.15) is 0 Å². The van der Waals surface area contributed by atoms with Gasteiger partial charge in [-0.3, -0.25) is 0 Å². The summed E-state index contributed by atoms with van der Waals surface area (Å²) in [4.78, 5) is 10.3. The van der Waals surface area contributed by atoms with Crippen molar-refractivity contribution in [2.24, 2.45) is 0 Å². The number of fused-ring (bicyclic) bond motifs is 10. The zero-order valence-electron chi connectivity index (χ0n) is 30.6. The maximum atomic E-state index is 6.39. The first-order valence-corrected chi connectivity index (χ1v) is 20.0. The first-order valence-electron chi connectivity index (χ1n) is 19.1. The van der Waals surface area contributed by atoms with Crippen molar-refractivity contribution in [1.29, 1.82) is 0 Å². The van der Waals surface area contributed by atoms with Crippen LogP contribution < -0.4 is 0 Å². The second-order valence-corrected chi connectivity index (χ2v) is 15.6. The van der Waals surface area contributed by atoms with Gasteiger partial charge < -0.3 is 8.98 Å². The van der Waals surface area contributed by atoms with E-state index in [4.69, 9.17) is 14.4 Å². The fraction of sp³-hybridized carbons (Fsp3) is 0. The van der Waals surface area contributed by atoms with E-state index in [9.17, 15) is 0 Å². The van der Waals surface area contributed by atoms with Gasteiger partial charge in [0.1, 0.15) is 11.2 Å². The zero-order valence-corrected chi connectivity index (χ0v) is 31.4. The van der Waals surface area contributed by atoms with Crippen LogP contribution in [0.25, 0.3) is 115 Å². The largest absolute Gasteiger partial charge is 0.456 e. The number of furan rings is 1. The molecule has 57 heavy (non-hydrogen) atoms. The van der Waals surface area contributed by atoms with Crippen LogP contribution in [0.2, 0.25) is 0 Å². The molecule has 0 aliphatic rings. The second kappa shape index (κ2) is 12.6. The Labute approximate surface area is 331 Å². The molecule has 0 amide bonds. The van der Waals surface area contributed by atoms with E-state index >= 15 is 0 Å². The molecule has 0 spiro atoms. The molecular weight excluding hydrogens is 715 g/mol. The van der Waals surface area contributed by atoms with E-state index in [1.165, 1.54) is 47.4 Å². The first kappa shape index (κ1) is 32.0. The zero-order chi connectivity index (χ0) is 37.5. The Balaban J connectivity index is 0.936. The van der Waals surface area contributed by atoms with Gasteiger partial charge in [-0.15, -0.1) is 11.3 Å². The monoisotopic (exact) mass is 745 g/mol. The predicted molar refractivity (Wildman–Crippen MR) is 238 cm³/mol. The van der Waals surface area contributed by atoms with Gasteiger partial charge in [0.25, 0.3) is 0 Å². The van der Waals surface area contributed by atoms with E-state index < -0.39 is 0 Å². The molecule has 266 valence electrons. The Morgan fingerprint density at radius 3 is 1.70 bits per heavy atom. The van der Waals surface area contributed by atoms with Gasteiger partial charge in [0.15, 0.2) is 5.82 Å². The van der Waals surface area contributed by atoms with Crippen LogP contribution in [0.4, 0.5) is 0 Å². The van der Waals surface area contributed by atoms with E-state index in [1.54, 1.807) is 0 Å². The van der Waals surface area contributed by atoms with Gasteiger partial charge in [0.2, 0.25) is 0 Å². The Morgan fingerprint density at radius 1 is 0.386 bits per heavy atom. The lowest BCUT2D eigenvalue weighted by atomic mass is 9.99. The lowest BCUT2D eigenvalue weighted by molar-refractivity contribution is 0.669. The highest BCUT2D eigenvalue weighted by Crippen LogP contribution is 2.43.